The van der Waals surface area contributed by atoms with Crippen molar-refractivity contribution in [1.82, 2.24) is 14.9 Å². The lowest BCUT2D eigenvalue weighted by atomic mass is 10.1. The van der Waals surface area contributed by atoms with Crippen LogP contribution in [0.1, 0.15) is 39.1 Å². The number of aromatic hydroxyl groups is 1. The molecule has 0 fully saturated rings. The van der Waals surface area contributed by atoms with Gasteiger partial charge in [-0.3, -0.25) is 9.69 Å². The Hall–Kier alpha value is -1.36. The fraction of sp³-hybridized carbons (Fsp3) is 0.692. The largest absolute Gasteiger partial charge is 0.493 e. The number of nitrogens with one attached hydrogen (secondary N) is 1. The second-order valence-corrected chi connectivity index (χ2v) is 5.13. The van der Waals surface area contributed by atoms with Crippen LogP contribution in [-0.4, -0.2) is 38.6 Å². The molecule has 5 nitrogen and oxygen atoms in total. The Kier molecular flexibility index (Phi) is 4.90. The summed E-state index contributed by atoms with van der Waals surface area (Å²) in [4.78, 5) is 20.5. The first-order chi connectivity index (χ1) is 8.32. The first kappa shape index (κ1) is 14.7. The summed E-state index contributed by atoms with van der Waals surface area (Å²) in [6, 6.07) is 0.814. The third-order valence-electron chi connectivity index (χ3n) is 3.06. The van der Waals surface area contributed by atoms with Crippen LogP contribution in [0.5, 0.6) is 5.88 Å². The van der Waals surface area contributed by atoms with Gasteiger partial charge in [0.25, 0.3) is 5.56 Å². The van der Waals surface area contributed by atoms with Gasteiger partial charge in [-0.1, -0.05) is 0 Å². The van der Waals surface area contributed by atoms with Gasteiger partial charge < -0.3 is 10.1 Å². The van der Waals surface area contributed by atoms with Crippen LogP contribution >= 0.6 is 0 Å². The van der Waals surface area contributed by atoms with Gasteiger partial charge in [0.15, 0.2) is 0 Å². The maximum absolute atomic E-state index is 11.7. The zero-order valence-electron chi connectivity index (χ0n) is 11.8. The molecule has 0 aliphatic rings. The quantitative estimate of drug-likeness (QED) is 0.833. The summed E-state index contributed by atoms with van der Waals surface area (Å²) in [5.41, 5.74) is 0.124. The van der Waals surface area contributed by atoms with Crippen LogP contribution in [0.4, 0.5) is 0 Å². The van der Waals surface area contributed by atoms with Gasteiger partial charge in [0.1, 0.15) is 5.82 Å². The number of H-pyrrole nitrogens is 1. The minimum atomic E-state index is -0.243. The van der Waals surface area contributed by atoms with Gasteiger partial charge in [0, 0.05) is 18.6 Å². The highest BCUT2D eigenvalue weighted by Crippen LogP contribution is 2.12. The molecule has 0 radical (unpaired) electrons. The molecule has 1 aromatic rings. The second kappa shape index (κ2) is 6.00. The van der Waals surface area contributed by atoms with Crippen molar-refractivity contribution in [1.29, 1.82) is 0 Å². The molecule has 5 heteroatoms. The van der Waals surface area contributed by atoms with E-state index in [1.165, 1.54) is 0 Å². The van der Waals surface area contributed by atoms with Crippen LogP contribution in [0.15, 0.2) is 4.79 Å². The number of hydrogen-bond donors (Lipinski definition) is 2. The monoisotopic (exact) mass is 253 g/mol. The molecule has 0 unspecified atom stereocenters. The molecule has 18 heavy (non-hydrogen) atoms. The predicted octanol–water partition coefficient (Wildman–Crippen LogP) is 1.45. The number of rotatable bonds is 5. The lowest BCUT2D eigenvalue weighted by Gasteiger charge is -2.30. The summed E-state index contributed by atoms with van der Waals surface area (Å²) in [5.74, 6) is 0.287. The predicted molar refractivity (Wildman–Crippen MR) is 71.9 cm³/mol. The number of hydrogen-bond acceptors (Lipinski definition) is 4. The maximum atomic E-state index is 11.7. The van der Waals surface area contributed by atoms with E-state index in [2.05, 4.69) is 42.6 Å². The first-order valence-corrected chi connectivity index (χ1v) is 6.37. The molecule has 0 aromatic carbocycles. The number of aromatic amines is 1. The van der Waals surface area contributed by atoms with E-state index in [0.717, 1.165) is 6.54 Å². The highest BCUT2D eigenvalue weighted by Gasteiger charge is 2.16. The average molecular weight is 253 g/mol. The molecule has 0 saturated heterocycles. The van der Waals surface area contributed by atoms with E-state index in [-0.39, 0.29) is 11.4 Å². The van der Waals surface area contributed by atoms with Crippen molar-refractivity contribution < 1.29 is 5.11 Å². The van der Waals surface area contributed by atoms with Crippen LogP contribution in [0.2, 0.25) is 0 Å². The Morgan fingerprint density at radius 3 is 2.28 bits per heavy atom. The fourth-order valence-electron chi connectivity index (χ4n) is 2.17. The summed E-state index contributed by atoms with van der Waals surface area (Å²) in [5, 5.41) is 9.71. The molecule has 0 bridgehead atoms. The van der Waals surface area contributed by atoms with Gasteiger partial charge in [-0.15, -0.1) is 0 Å². The van der Waals surface area contributed by atoms with E-state index in [0.29, 0.717) is 29.9 Å². The molecule has 0 atom stereocenters. The lowest BCUT2D eigenvalue weighted by Crippen LogP contribution is -2.39. The third-order valence-corrected chi connectivity index (χ3v) is 3.06. The van der Waals surface area contributed by atoms with Gasteiger partial charge in [0.2, 0.25) is 5.88 Å². The van der Waals surface area contributed by atoms with Crippen molar-refractivity contribution >= 4 is 0 Å². The molecule has 102 valence electrons. The lowest BCUT2D eigenvalue weighted by molar-refractivity contribution is 0.176. The molecule has 0 aliphatic carbocycles. The van der Waals surface area contributed by atoms with Crippen LogP contribution < -0.4 is 5.56 Å². The standard InChI is InChI=1S/C13H23N3O2/c1-8(2)16(9(3)4)7-6-11-12(17)14-10(5)15-13(11)18/h8-9H,6-7H2,1-5H3,(H2,14,15,17,18). The molecule has 0 amide bonds. The molecule has 0 aliphatic heterocycles. The Morgan fingerprint density at radius 1 is 1.28 bits per heavy atom. The first-order valence-electron chi connectivity index (χ1n) is 6.37. The zero-order chi connectivity index (χ0) is 13.9. The van der Waals surface area contributed by atoms with Gasteiger partial charge >= 0.3 is 0 Å². The summed E-state index contributed by atoms with van der Waals surface area (Å²) in [6.45, 7) is 10.9. The molecule has 0 spiro atoms. The Bertz CT molecular complexity index is 444. The molecule has 2 N–H and O–H groups in total. The summed E-state index contributed by atoms with van der Waals surface area (Å²) in [7, 11) is 0. The highest BCUT2D eigenvalue weighted by atomic mass is 16.3. The van der Waals surface area contributed by atoms with Crippen molar-refractivity contribution in [3.05, 3.63) is 21.7 Å². The van der Waals surface area contributed by atoms with Crippen molar-refractivity contribution in [2.45, 2.75) is 53.1 Å². The van der Waals surface area contributed by atoms with Crippen LogP contribution in [0.3, 0.4) is 0 Å². The topological polar surface area (TPSA) is 69.2 Å². The Balaban J connectivity index is 2.83. The fourth-order valence-corrected chi connectivity index (χ4v) is 2.17. The average Bonchev–Trinajstić information content (AvgIpc) is 2.20. The van der Waals surface area contributed by atoms with Gasteiger partial charge in [-0.2, -0.15) is 0 Å². The smallest absolute Gasteiger partial charge is 0.257 e. The van der Waals surface area contributed by atoms with Crippen LogP contribution in [-0.2, 0) is 6.42 Å². The summed E-state index contributed by atoms with van der Waals surface area (Å²) >= 11 is 0. The second-order valence-electron chi connectivity index (χ2n) is 5.13. The van der Waals surface area contributed by atoms with E-state index in [1.54, 1.807) is 6.92 Å². The summed E-state index contributed by atoms with van der Waals surface area (Å²) in [6.07, 6.45) is 0.505. The SMILES string of the molecule is Cc1nc(O)c(CCN(C(C)C)C(C)C)c(=O)[nH]1. The van der Waals surface area contributed by atoms with Crippen molar-refractivity contribution in [3.8, 4) is 5.88 Å². The van der Waals surface area contributed by atoms with Crippen LogP contribution in [0, 0.1) is 6.92 Å². The van der Waals surface area contributed by atoms with E-state index in [4.69, 9.17) is 0 Å². The molecule has 1 heterocycles. The highest BCUT2D eigenvalue weighted by molar-refractivity contribution is 5.22. The summed E-state index contributed by atoms with van der Waals surface area (Å²) < 4.78 is 0. The Labute approximate surface area is 108 Å². The molecule has 0 saturated carbocycles. The van der Waals surface area contributed by atoms with E-state index in [1.807, 2.05) is 0 Å². The van der Waals surface area contributed by atoms with Gasteiger partial charge in [-0.25, -0.2) is 4.98 Å². The van der Waals surface area contributed by atoms with Gasteiger partial charge in [-0.05, 0) is 41.0 Å². The maximum Gasteiger partial charge on any atom is 0.257 e. The van der Waals surface area contributed by atoms with E-state index in [9.17, 15) is 9.90 Å². The van der Waals surface area contributed by atoms with E-state index < -0.39 is 0 Å². The van der Waals surface area contributed by atoms with Crippen molar-refractivity contribution in [2.75, 3.05) is 6.54 Å². The minimum absolute atomic E-state index is 0.149. The minimum Gasteiger partial charge on any atom is -0.493 e. The normalized spacial score (nSPS) is 11.8. The third kappa shape index (κ3) is 3.57. The van der Waals surface area contributed by atoms with Gasteiger partial charge in [0.05, 0.1) is 5.56 Å². The zero-order valence-corrected chi connectivity index (χ0v) is 11.8. The van der Waals surface area contributed by atoms with Crippen molar-refractivity contribution in [3.63, 3.8) is 0 Å². The molecular weight excluding hydrogens is 230 g/mol. The number of aryl methyl sites for hydroxylation is 1. The number of nitrogens with zero attached hydrogens (tertiary/aromatic N) is 2. The molecular formula is C13H23N3O2. The number of aromatic nitrogens is 2. The van der Waals surface area contributed by atoms with Crippen LogP contribution in [0.25, 0.3) is 0 Å². The van der Waals surface area contributed by atoms with E-state index >= 15 is 0 Å². The molecule has 1 rings (SSSR count). The van der Waals surface area contributed by atoms with Crippen molar-refractivity contribution in [2.24, 2.45) is 0 Å². The molecule has 1 aromatic heterocycles. The Morgan fingerprint density at radius 2 is 1.83 bits per heavy atom.